The van der Waals surface area contributed by atoms with Crippen LogP contribution in [0.2, 0.25) is 0 Å². The molecule has 0 saturated carbocycles. The van der Waals surface area contributed by atoms with Crippen LogP contribution < -0.4 is 5.32 Å². The number of hydrogen-bond donors (Lipinski definition) is 2. The highest BCUT2D eigenvalue weighted by Crippen LogP contribution is 2.24. The number of rotatable bonds is 4. The van der Waals surface area contributed by atoms with Crippen LogP contribution in [0.1, 0.15) is 29.1 Å². The van der Waals surface area contributed by atoms with Crippen LogP contribution in [0.15, 0.2) is 59.4 Å². The molecule has 23 heavy (non-hydrogen) atoms. The van der Waals surface area contributed by atoms with Crippen LogP contribution in [0.4, 0.5) is 5.69 Å². The lowest BCUT2D eigenvalue weighted by molar-refractivity contribution is 0.101. The highest BCUT2D eigenvalue weighted by molar-refractivity contribution is 6.03. The molecule has 2 N–H and O–H groups in total. The fourth-order valence-corrected chi connectivity index (χ4v) is 2.19. The average molecular weight is 309 g/mol. The number of aliphatic hydroxyl groups is 1. The van der Waals surface area contributed by atoms with Gasteiger partial charge in [0, 0.05) is 35.3 Å². The summed E-state index contributed by atoms with van der Waals surface area (Å²) in [6.45, 7) is 1.64. The number of hydrogen-bond acceptors (Lipinski definition) is 5. The number of carbonyl (C=O) groups is 1. The number of aliphatic hydroxyl groups excluding tert-OH is 1. The largest absolute Gasteiger partial charge is 0.389 e. The van der Waals surface area contributed by atoms with Gasteiger partial charge in [0.25, 0.3) is 5.91 Å². The van der Waals surface area contributed by atoms with Gasteiger partial charge in [-0.15, -0.1) is 0 Å². The van der Waals surface area contributed by atoms with Gasteiger partial charge in [-0.3, -0.25) is 9.78 Å². The van der Waals surface area contributed by atoms with Gasteiger partial charge in [-0.25, -0.2) is 0 Å². The Labute approximate surface area is 132 Å². The number of nitrogens with one attached hydrogen (secondary N) is 1. The third-order valence-corrected chi connectivity index (χ3v) is 3.35. The van der Waals surface area contributed by atoms with Crippen LogP contribution in [0, 0.1) is 0 Å². The Morgan fingerprint density at radius 2 is 2.09 bits per heavy atom. The van der Waals surface area contributed by atoms with Crippen LogP contribution in [-0.4, -0.2) is 21.2 Å². The summed E-state index contributed by atoms with van der Waals surface area (Å²) < 4.78 is 5.19. The summed E-state index contributed by atoms with van der Waals surface area (Å²) in [6.07, 6.45) is 2.60. The Morgan fingerprint density at radius 3 is 2.83 bits per heavy atom. The highest BCUT2D eigenvalue weighted by Gasteiger charge is 2.16. The van der Waals surface area contributed by atoms with Crippen molar-refractivity contribution in [2.75, 3.05) is 5.32 Å². The zero-order valence-corrected chi connectivity index (χ0v) is 12.4. The van der Waals surface area contributed by atoms with Gasteiger partial charge in [0.2, 0.25) is 0 Å². The van der Waals surface area contributed by atoms with Gasteiger partial charge >= 0.3 is 0 Å². The quantitative estimate of drug-likeness (QED) is 0.773. The number of aromatic nitrogens is 2. The Bertz CT molecular complexity index is 813. The van der Waals surface area contributed by atoms with E-state index in [0.717, 1.165) is 5.56 Å². The van der Waals surface area contributed by atoms with E-state index < -0.39 is 12.0 Å². The number of anilines is 1. The van der Waals surface area contributed by atoms with Crippen LogP contribution in [0.3, 0.4) is 0 Å². The Balaban J connectivity index is 1.81. The van der Waals surface area contributed by atoms with Gasteiger partial charge in [0.1, 0.15) is 0 Å². The highest BCUT2D eigenvalue weighted by atomic mass is 16.5. The van der Waals surface area contributed by atoms with E-state index in [2.05, 4.69) is 15.5 Å². The minimum Gasteiger partial charge on any atom is -0.389 e. The third kappa shape index (κ3) is 3.27. The first-order valence-electron chi connectivity index (χ1n) is 7.10. The maximum atomic E-state index is 12.3. The van der Waals surface area contributed by atoms with E-state index in [4.69, 9.17) is 4.52 Å². The molecule has 0 aliphatic heterocycles. The molecule has 1 atom stereocenters. The molecule has 0 fully saturated rings. The second-order valence-electron chi connectivity index (χ2n) is 5.04. The van der Waals surface area contributed by atoms with Crippen LogP contribution in [-0.2, 0) is 0 Å². The molecule has 1 aromatic carbocycles. The van der Waals surface area contributed by atoms with Crippen LogP contribution in [0.5, 0.6) is 0 Å². The predicted octanol–water partition coefficient (Wildman–Crippen LogP) is 3.04. The van der Waals surface area contributed by atoms with Crippen molar-refractivity contribution in [3.8, 4) is 11.3 Å². The van der Waals surface area contributed by atoms with Gasteiger partial charge in [0.15, 0.2) is 11.5 Å². The molecular weight excluding hydrogens is 294 g/mol. The Kier molecular flexibility index (Phi) is 4.16. The molecule has 6 heteroatoms. The summed E-state index contributed by atoms with van der Waals surface area (Å²) in [5.41, 5.74) is 2.07. The van der Waals surface area contributed by atoms with Crippen molar-refractivity contribution in [2.45, 2.75) is 13.0 Å². The minimum absolute atomic E-state index is 0.157. The summed E-state index contributed by atoms with van der Waals surface area (Å²) in [5, 5.41) is 16.3. The molecule has 0 saturated heterocycles. The normalized spacial score (nSPS) is 11.9. The van der Waals surface area contributed by atoms with Crippen molar-refractivity contribution in [2.24, 2.45) is 0 Å². The number of para-hydroxylation sites is 1. The van der Waals surface area contributed by atoms with Crippen molar-refractivity contribution >= 4 is 11.6 Å². The third-order valence-electron chi connectivity index (χ3n) is 3.35. The fraction of sp³-hybridized carbons (Fsp3) is 0.118. The monoisotopic (exact) mass is 309 g/mol. The lowest BCUT2D eigenvalue weighted by atomic mass is 10.1. The smallest absolute Gasteiger partial charge is 0.277 e. The average Bonchev–Trinajstić information content (AvgIpc) is 3.06. The van der Waals surface area contributed by atoms with E-state index in [1.54, 1.807) is 55.7 Å². The predicted molar refractivity (Wildman–Crippen MR) is 84.8 cm³/mol. The number of benzene rings is 1. The zero-order valence-electron chi connectivity index (χ0n) is 12.4. The SMILES string of the molecule is CC(O)c1ccccc1NC(=O)c1cc(-c2cccnc2)on1. The lowest BCUT2D eigenvalue weighted by Gasteiger charge is -2.11. The molecule has 2 heterocycles. The molecule has 0 aliphatic rings. The second-order valence-corrected chi connectivity index (χ2v) is 5.04. The molecular formula is C17H15N3O3. The first-order chi connectivity index (χ1) is 11.1. The Morgan fingerprint density at radius 1 is 1.26 bits per heavy atom. The summed E-state index contributed by atoms with van der Waals surface area (Å²) in [4.78, 5) is 16.3. The molecule has 1 unspecified atom stereocenters. The van der Waals surface area contributed by atoms with Crippen molar-refractivity contribution in [1.82, 2.24) is 10.1 Å². The second kappa shape index (κ2) is 6.41. The van der Waals surface area contributed by atoms with E-state index in [1.807, 2.05) is 6.07 Å². The van der Waals surface area contributed by atoms with Crippen LogP contribution >= 0.6 is 0 Å². The van der Waals surface area contributed by atoms with E-state index >= 15 is 0 Å². The minimum atomic E-state index is -0.685. The maximum Gasteiger partial charge on any atom is 0.277 e. The molecule has 116 valence electrons. The van der Waals surface area contributed by atoms with Gasteiger partial charge in [-0.05, 0) is 25.1 Å². The van der Waals surface area contributed by atoms with E-state index in [-0.39, 0.29) is 5.69 Å². The first kappa shape index (κ1) is 14.9. The lowest BCUT2D eigenvalue weighted by Crippen LogP contribution is -2.14. The van der Waals surface area contributed by atoms with Crippen molar-refractivity contribution < 1.29 is 14.4 Å². The Hall–Kier alpha value is -2.99. The molecule has 3 rings (SSSR count). The first-order valence-corrected chi connectivity index (χ1v) is 7.10. The number of pyridine rings is 1. The summed E-state index contributed by atoms with van der Waals surface area (Å²) in [6, 6.07) is 12.2. The van der Waals surface area contributed by atoms with Crippen LogP contribution in [0.25, 0.3) is 11.3 Å². The van der Waals surface area contributed by atoms with E-state index in [0.29, 0.717) is 17.0 Å². The molecule has 1 amide bonds. The summed E-state index contributed by atoms with van der Waals surface area (Å²) in [5.74, 6) is 0.0593. The number of amides is 1. The van der Waals surface area contributed by atoms with Gasteiger partial charge in [0.05, 0.1) is 6.10 Å². The molecule has 0 radical (unpaired) electrons. The summed E-state index contributed by atoms with van der Waals surface area (Å²) in [7, 11) is 0. The van der Waals surface area contributed by atoms with Gasteiger partial charge in [-0.2, -0.15) is 0 Å². The molecule has 0 bridgehead atoms. The zero-order chi connectivity index (χ0) is 16.2. The summed E-state index contributed by atoms with van der Waals surface area (Å²) >= 11 is 0. The maximum absolute atomic E-state index is 12.3. The van der Waals surface area contributed by atoms with Crippen molar-refractivity contribution in [1.29, 1.82) is 0 Å². The molecule has 2 aromatic heterocycles. The van der Waals surface area contributed by atoms with Gasteiger partial charge in [-0.1, -0.05) is 23.4 Å². The van der Waals surface area contributed by atoms with Crippen molar-refractivity contribution in [3.63, 3.8) is 0 Å². The number of nitrogens with zero attached hydrogens (tertiary/aromatic N) is 2. The number of carbonyl (C=O) groups excluding carboxylic acids is 1. The van der Waals surface area contributed by atoms with E-state index in [9.17, 15) is 9.90 Å². The topological polar surface area (TPSA) is 88.2 Å². The van der Waals surface area contributed by atoms with E-state index in [1.165, 1.54) is 0 Å². The van der Waals surface area contributed by atoms with Crippen molar-refractivity contribution in [3.05, 3.63) is 66.1 Å². The molecule has 0 aliphatic carbocycles. The molecule has 6 nitrogen and oxygen atoms in total. The fourth-order valence-electron chi connectivity index (χ4n) is 2.19. The molecule has 3 aromatic rings. The van der Waals surface area contributed by atoms with Gasteiger partial charge < -0.3 is 14.9 Å². The molecule has 0 spiro atoms. The standard InChI is InChI=1S/C17H15N3O3/c1-11(21)13-6-2-3-7-14(13)19-17(22)15-9-16(23-20-15)12-5-4-8-18-10-12/h2-11,21H,1H3,(H,19,22).